The van der Waals surface area contributed by atoms with Gasteiger partial charge >= 0.3 is 0 Å². The predicted molar refractivity (Wildman–Crippen MR) is 103 cm³/mol. The van der Waals surface area contributed by atoms with E-state index in [-0.39, 0.29) is 6.04 Å². The smallest absolute Gasteiger partial charge is 0.0660 e. The van der Waals surface area contributed by atoms with Crippen molar-refractivity contribution in [2.75, 3.05) is 13.7 Å². The van der Waals surface area contributed by atoms with E-state index in [0.29, 0.717) is 6.61 Å². The minimum Gasteiger partial charge on any atom is -0.383 e. The number of hydrogen-bond donors (Lipinski definition) is 0. The Morgan fingerprint density at radius 3 is 1.56 bits per heavy atom. The molecule has 0 heterocycles. The highest BCUT2D eigenvalue weighted by Crippen LogP contribution is 2.25. The first-order chi connectivity index (χ1) is 12.4. The molecule has 0 amide bonds. The third kappa shape index (κ3) is 5.02. The van der Waals surface area contributed by atoms with Crippen LogP contribution in [-0.2, 0) is 17.8 Å². The highest BCUT2D eigenvalue weighted by molar-refractivity contribution is 5.22. The minimum absolute atomic E-state index is 0.214. The summed E-state index contributed by atoms with van der Waals surface area (Å²) in [5, 5.41) is 0. The number of ether oxygens (including phenoxy) is 1. The quantitative estimate of drug-likeness (QED) is 0.571. The SMILES string of the molecule is COC[C@H](c1ccccc1)N(Cc1ccccc1)Cc1ccccc1. The van der Waals surface area contributed by atoms with Crippen molar-refractivity contribution in [2.45, 2.75) is 19.1 Å². The monoisotopic (exact) mass is 331 g/mol. The van der Waals surface area contributed by atoms with Gasteiger partial charge < -0.3 is 4.74 Å². The van der Waals surface area contributed by atoms with Gasteiger partial charge in [-0.25, -0.2) is 0 Å². The van der Waals surface area contributed by atoms with Crippen molar-refractivity contribution < 1.29 is 4.74 Å². The molecule has 0 unspecified atom stereocenters. The molecule has 0 aliphatic rings. The molecule has 0 bridgehead atoms. The maximum Gasteiger partial charge on any atom is 0.0660 e. The fourth-order valence-electron chi connectivity index (χ4n) is 3.16. The highest BCUT2D eigenvalue weighted by Gasteiger charge is 2.21. The lowest BCUT2D eigenvalue weighted by molar-refractivity contribution is 0.0794. The molecule has 0 radical (unpaired) electrons. The lowest BCUT2D eigenvalue weighted by Gasteiger charge is -2.32. The van der Waals surface area contributed by atoms with Gasteiger partial charge in [0.25, 0.3) is 0 Å². The molecule has 3 aromatic rings. The van der Waals surface area contributed by atoms with Crippen molar-refractivity contribution in [1.29, 1.82) is 0 Å². The molecule has 3 rings (SSSR count). The van der Waals surface area contributed by atoms with Crippen LogP contribution in [0.3, 0.4) is 0 Å². The van der Waals surface area contributed by atoms with Gasteiger partial charge in [-0.2, -0.15) is 0 Å². The van der Waals surface area contributed by atoms with E-state index in [2.05, 4.69) is 95.9 Å². The summed E-state index contributed by atoms with van der Waals surface area (Å²) in [5.41, 5.74) is 3.92. The molecule has 0 saturated heterocycles. The average Bonchev–Trinajstić information content (AvgIpc) is 2.68. The zero-order chi connectivity index (χ0) is 17.3. The molecule has 3 aromatic carbocycles. The summed E-state index contributed by atoms with van der Waals surface area (Å²) in [4.78, 5) is 2.49. The molecule has 128 valence electrons. The minimum atomic E-state index is 0.214. The van der Waals surface area contributed by atoms with Crippen LogP contribution in [0.5, 0.6) is 0 Å². The fraction of sp³-hybridized carbons (Fsp3) is 0.217. The predicted octanol–water partition coefficient (Wildman–Crippen LogP) is 5.08. The van der Waals surface area contributed by atoms with E-state index >= 15 is 0 Å². The Hall–Kier alpha value is -2.42. The van der Waals surface area contributed by atoms with Crippen LogP contribution < -0.4 is 0 Å². The largest absolute Gasteiger partial charge is 0.383 e. The number of benzene rings is 3. The van der Waals surface area contributed by atoms with Gasteiger partial charge in [0.1, 0.15) is 0 Å². The van der Waals surface area contributed by atoms with Crippen LogP contribution in [0.25, 0.3) is 0 Å². The molecular weight excluding hydrogens is 306 g/mol. The van der Waals surface area contributed by atoms with Crippen molar-refractivity contribution >= 4 is 0 Å². The summed E-state index contributed by atoms with van der Waals surface area (Å²) in [5.74, 6) is 0. The maximum absolute atomic E-state index is 5.57. The second kappa shape index (κ2) is 9.16. The topological polar surface area (TPSA) is 12.5 Å². The molecular formula is C23H25NO. The summed E-state index contributed by atoms with van der Waals surface area (Å²) in [6.45, 7) is 2.45. The van der Waals surface area contributed by atoms with Crippen LogP contribution in [0.4, 0.5) is 0 Å². The second-order valence-electron chi connectivity index (χ2n) is 6.26. The lowest BCUT2D eigenvalue weighted by atomic mass is 10.0. The normalized spacial score (nSPS) is 12.2. The Morgan fingerprint density at radius 2 is 1.12 bits per heavy atom. The number of rotatable bonds is 8. The highest BCUT2D eigenvalue weighted by atomic mass is 16.5. The second-order valence-corrected chi connectivity index (χ2v) is 6.26. The average molecular weight is 331 g/mol. The van der Waals surface area contributed by atoms with E-state index in [1.54, 1.807) is 7.11 Å². The van der Waals surface area contributed by atoms with Crippen LogP contribution in [0.15, 0.2) is 91.0 Å². The third-order valence-corrected chi connectivity index (χ3v) is 4.41. The third-order valence-electron chi connectivity index (χ3n) is 4.41. The van der Waals surface area contributed by atoms with Gasteiger partial charge in [-0.15, -0.1) is 0 Å². The summed E-state index contributed by atoms with van der Waals surface area (Å²) >= 11 is 0. The van der Waals surface area contributed by atoms with Crippen molar-refractivity contribution in [2.24, 2.45) is 0 Å². The van der Waals surface area contributed by atoms with Crippen LogP contribution in [-0.4, -0.2) is 18.6 Å². The molecule has 0 aliphatic heterocycles. The first-order valence-electron chi connectivity index (χ1n) is 8.72. The summed E-state index contributed by atoms with van der Waals surface area (Å²) < 4.78 is 5.57. The lowest BCUT2D eigenvalue weighted by Crippen LogP contribution is -2.31. The summed E-state index contributed by atoms with van der Waals surface area (Å²) in [6.07, 6.45) is 0. The maximum atomic E-state index is 5.57. The van der Waals surface area contributed by atoms with E-state index in [4.69, 9.17) is 4.74 Å². The van der Waals surface area contributed by atoms with Gasteiger partial charge in [-0.1, -0.05) is 91.0 Å². The van der Waals surface area contributed by atoms with Crippen molar-refractivity contribution in [3.8, 4) is 0 Å². The van der Waals surface area contributed by atoms with E-state index in [1.165, 1.54) is 16.7 Å². The van der Waals surface area contributed by atoms with E-state index in [0.717, 1.165) is 13.1 Å². The standard InChI is InChI=1S/C23H25NO/c1-25-19-23(22-15-9-4-10-16-22)24(17-20-11-5-2-6-12-20)18-21-13-7-3-8-14-21/h2-16,23H,17-19H2,1H3/t23-/m1/s1. The van der Waals surface area contributed by atoms with Gasteiger partial charge in [-0.3, -0.25) is 4.90 Å². The van der Waals surface area contributed by atoms with Gasteiger partial charge in [0, 0.05) is 20.2 Å². The van der Waals surface area contributed by atoms with Gasteiger partial charge in [0.2, 0.25) is 0 Å². The van der Waals surface area contributed by atoms with Gasteiger partial charge in [-0.05, 0) is 16.7 Å². The number of methoxy groups -OCH3 is 1. The van der Waals surface area contributed by atoms with Crippen molar-refractivity contribution in [3.05, 3.63) is 108 Å². The van der Waals surface area contributed by atoms with E-state index in [1.807, 2.05) is 0 Å². The van der Waals surface area contributed by atoms with Crippen LogP contribution in [0, 0.1) is 0 Å². The molecule has 0 saturated carbocycles. The summed E-state index contributed by atoms with van der Waals surface area (Å²) in [6, 6.07) is 32.1. The zero-order valence-corrected chi connectivity index (χ0v) is 14.7. The number of hydrogen-bond acceptors (Lipinski definition) is 2. The Labute approximate surface area is 150 Å². The first-order valence-corrected chi connectivity index (χ1v) is 8.72. The van der Waals surface area contributed by atoms with Crippen LogP contribution >= 0.6 is 0 Å². The molecule has 0 N–H and O–H groups in total. The zero-order valence-electron chi connectivity index (χ0n) is 14.7. The van der Waals surface area contributed by atoms with Crippen molar-refractivity contribution in [3.63, 3.8) is 0 Å². The molecule has 2 heteroatoms. The Morgan fingerprint density at radius 1 is 0.680 bits per heavy atom. The molecule has 0 aliphatic carbocycles. The molecule has 25 heavy (non-hydrogen) atoms. The molecule has 0 spiro atoms. The molecule has 1 atom stereocenters. The molecule has 0 fully saturated rings. The molecule has 2 nitrogen and oxygen atoms in total. The van der Waals surface area contributed by atoms with Gasteiger partial charge in [0.05, 0.1) is 12.6 Å². The van der Waals surface area contributed by atoms with E-state index < -0.39 is 0 Å². The first kappa shape index (κ1) is 17.4. The summed E-state index contributed by atoms with van der Waals surface area (Å²) in [7, 11) is 1.78. The Kier molecular flexibility index (Phi) is 6.38. The van der Waals surface area contributed by atoms with E-state index in [9.17, 15) is 0 Å². The van der Waals surface area contributed by atoms with Crippen molar-refractivity contribution in [1.82, 2.24) is 4.90 Å². The Bertz CT molecular complexity index is 686. The van der Waals surface area contributed by atoms with Crippen LogP contribution in [0.2, 0.25) is 0 Å². The van der Waals surface area contributed by atoms with Gasteiger partial charge in [0.15, 0.2) is 0 Å². The number of nitrogens with zero attached hydrogens (tertiary/aromatic N) is 1. The Balaban J connectivity index is 1.89. The van der Waals surface area contributed by atoms with Crippen LogP contribution in [0.1, 0.15) is 22.7 Å². The fourth-order valence-corrected chi connectivity index (χ4v) is 3.16. The molecule has 0 aromatic heterocycles.